The van der Waals surface area contributed by atoms with Crippen LogP contribution in [0.1, 0.15) is 6.92 Å². The topological polar surface area (TPSA) is 128 Å². The Hall–Kier alpha value is -2.13. The Balaban J connectivity index is 0. The van der Waals surface area contributed by atoms with Gasteiger partial charge in [0.25, 0.3) is 5.91 Å². The minimum absolute atomic E-state index is 0. The van der Waals surface area contributed by atoms with Gasteiger partial charge in [0.15, 0.2) is 6.10 Å². The Morgan fingerprint density at radius 2 is 1.78 bits per heavy atom. The number of carbonyl (C=O) groups excluding carboxylic acids is 4. The van der Waals surface area contributed by atoms with Gasteiger partial charge >= 0.3 is 11.9 Å². The Labute approximate surface area is 140 Å². The highest BCUT2D eigenvalue weighted by molar-refractivity contribution is 5.94. The number of nitrogens with two attached hydrogens (primary N) is 1. The first kappa shape index (κ1) is 23.1. The lowest BCUT2D eigenvalue weighted by Crippen LogP contribution is -2.45. The van der Waals surface area contributed by atoms with E-state index in [1.165, 1.54) is 33.0 Å². The van der Waals surface area contributed by atoms with Crippen molar-refractivity contribution in [2.75, 3.05) is 27.7 Å². The van der Waals surface area contributed by atoms with Crippen LogP contribution in [0.4, 0.5) is 0 Å². The first-order valence-electron chi connectivity index (χ1n) is 6.40. The average Bonchev–Trinajstić information content (AvgIpc) is 2.48. The zero-order chi connectivity index (χ0) is 17.3. The van der Waals surface area contributed by atoms with Crippen molar-refractivity contribution in [1.29, 1.82) is 0 Å². The number of rotatable bonds is 7. The van der Waals surface area contributed by atoms with Crippen LogP contribution in [-0.2, 0) is 28.7 Å². The number of nitrogens with zero attached hydrogens (tertiary/aromatic N) is 1. The lowest BCUT2D eigenvalue weighted by molar-refractivity contribution is -0.159. The predicted octanol–water partition coefficient (Wildman–Crippen LogP) is -1.40. The Bertz CT molecular complexity index is 467. The third-order valence-corrected chi connectivity index (χ3v) is 2.45. The zero-order valence-electron chi connectivity index (χ0n) is 13.4. The molecule has 10 heteroatoms. The maximum absolute atomic E-state index is 11.6. The van der Waals surface area contributed by atoms with E-state index in [1.807, 2.05) is 0 Å². The van der Waals surface area contributed by atoms with E-state index < -0.39 is 30.0 Å². The van der Waals surface area contributed by atoms with Crippen LogP contribution in [0, 0.1) is 0 Å². The van der Waals surface area contributed by atoms with Gasteiger partial charge in [-0.05, 0) is 6.92 Å². The fourth-order valence-corrected chi connectivity index (χ4v) is 1.24. The third-order valence-electron chi connectivity index (χ3n) is 2.45. The van der Waals surface area contributed by atoms with Crippen LogP contribution in [0.15, 0.2) is 12.2 Å². The molecule has 132 valence electrons. The number of hydrogen-bond acceptors (Lipinski definition) is 7. The van der Waals surface area contributed by atoms with E-state index >= 15 is 0 Å². The summed E-state index contributed by atoms with van der Waals surface area (Å²) in [6.07, 6.45) is 0.905. The molecule has 0 bridgehead atoms. The normalized spacial score (nSPS) is 12.6. The maximum Gasteiger partial charge on any atom is 0.330 e. The van der Waals surface area contributed by atoms with Crippen LogP contribution in [0.3, 0.4) is 0 Å². The van der Waals surface area contributed by atoms with Crippen molar-refractivity contribution in [3.63, 3.8) is 0 Å². The van der Waals surface area contributed by atoms with Gasteiger partial charge in [0.2, 0.25) is 5.91 Å². The summed E-state index contributed by atoms with van der Waals surface area (Å²) in [4.78, 5) is 46.6. The van der Waals surface area contributed by atoms with Crippen molar-refractivity contribution in [1.82, 2.24) is 10.2 Å². The van der Waals surface area contributed by atoms with Gasteiger partial charge in [-0.2, -0.15) is 0 Å². The fourth-order valence-electron chi connectivity index (χ4n) is 1.24. The van der Waals surface area contributed by atoms with Crippen molar-refractivity contribution >= 4 is 36.2 Å². The minimum Gasteiger partial charge on any atom is -0.466 e. The summed E-state index contributed by atoms with van der Waals surface area (Å²) in [5, 5.41) is 2.31. The number of likely N-dealkylation sites (N-methyl/N-ethyl adjacent to an activating group) is 1. The molecule has 23 heavy (non-hydrogen) atoms. The van der Waals surface area contributed by atoms with Crippen LogP contribution in [0.25, 0.3) is 0 Å². The second-order valence-electron chi connectivity index (χ2n) is 4.52. The molecule has 0 aromatic heterocycles. The summed E-state index contributed by atoms with van der Waals surface area (Å²) >= 11 is 0. The maximum atomic E-state index is 11.6. The monoisotopic (exact) mass is 351 g/mol. The van der Waals surface area contributed by atoms with Gasteiger partial charge in [-0.25, -0.2) is 4.79 Å². The molecule has 0 aliphatic rings. The quantitative estimate of drug-likeness (QED) is 0.426. The van der Waals surface area contributed by atoms with Crippen LogP contribution >= 0.6 is 12.4 Å². The second-order valence-corrected chi connectivity index (χ2v) is 4.52. The van der Waals surface area contributed by atoms with Gasteiger partial charge in [-0.15, -0.1) is 12.4 Å². The lowest BCUT2D eigenvalue weighted by Gasteiger charge is -2.19. The van der Waals surface area contributed by atoms with Crippen LogP contribution in [0.5, 0.6) is 0 Å². The number of methoxy groups -OCH3 is 1. The number of esters is 2. The number of nitrogens with one attached hydrogen (secondary N) is 1. The van der Waals surface area contributed by atoms with E-state index in [0.717, 1.165) is 12.2 Å². The van der Waals surface area contributed by atoms with Crippen molar-refractivity contribution < 1.29 is 28.7 Å². The highest BCUT2D eigenvalue weighted by Gasteiger charge is 2.23. The van der Waals surface area contributed by atoms with Gasteiger partial charge in [-0.3, -0.25) is 14.4 Å². The van der Waals surface area contributed by atoms with Crippen LogP contribution in [-0.4, -0.2) is 68.5 Å². The Morgan fingerprint density at radius 1 is 1.22 bits per heavy atom. The van der Waals surface area contributed by atoms with Crippen molar-refractivity contribution in [3.8, 4) is 0 Å². The Morgan fingerprint density at radius 3 is 2.26 bits per heavy atom. The summed E-state index contributed by atoms with van der Waals surface area (Å²) in [6, 6.07) is -1.13. The Kier molecular flexibility index (Phi) is 11.5. The molecule has 3 N–H and O–H groups in total. The summed E-state index contributed by atoms with van der Waals surface area (Å²) in [6.45, 7) is 1.22. The molecule has 0 unspecified atom stereocenters. The third kappa shape index (κ3) is 9.48. The molecule has 0 saturated carbocycles. The van der Waals surface area contributed by atoms with E-state index in [2.05, 4.69) is 10.1 Å². The molecule has 2 amide bonds. The van der Waals surface area contributed by atoms with E-state index in [-0.39, 0.29) is 24.9 Å². The zero-order valence-corrected chi connectivity index (χ0v) is 14.2. The number of amides is 2. The molecule has 0 spiro atoms. The predicted molar refractivity (Wildman–Crippen MR) is 83.6 cm³/mol. The molecule has 0 saturated heterocycles. The summed E-state index contributed by atoms with van der Waals surface area (Å²) < 4.78 is 9.19. The molecule has 2 atom stereocenters. The number of halogens is 1. The van der Waals surface area contributed by atoms with Gasteiger partial charge in [0.1, 0.15) is 6.04 Å². The van der Waals surface area contributed by atoms with Crippen LogP contribution in [0.2, 0.25) is 0 Å². The second kappa shape index (κ2) is 11.4. The summed E-state index contributed by atoms with van der Waals surface area (Å²) in [7, 11) is 4.23. The standard InChI is InChI=1S/C13H21N3O6.ClH/c1-8(12(19)16(2)3)22-13(20)9(14)7-15-10(17)5-6-11(18)21-4;/h5-6,8-9H,7,14H2,1-4H3,(H,15,17);1H/b6-5+;/t8-,9-;/m0./s1. The van der Waals surface area contributed by atoms with Gasteiger partial charge < -0.3 is 25.4 Å². The molecular formula is C13H22ClN3O6. The van der Waals surface area contributed by atoms with Crippen molar-refractivity contribution in [2.45, 2.75) is 19.1 Å². The molecule has 9 nitrogen and oxygen atoms in total. The number of hydrogen-bond donors (Lipinski definition) is 2. The van der Waals surface area contributed by atoms with Crippen molar-refractivity contribution in [3.05, 3.63) is 12.2 Å². The molecule has 0 heterocycles. The van der Waals surface area contributed by atoms with E-state index in [0.29, 0.717) is 0 Å². The van der Waals surface area contributed by atoms with Crippen LogP contribution < -0.4 is 11.1 Å². The largest absolute Gasteiger partial charge is 0.466 e. The first-order chi connectivity index (χ1) is 10.2. The summed E-state index contributed by atoms with van der Waals surface area (Å²) in [5.41, 5.74) is 5.54. The molecule has 0 aliphatic carbocycles. The highest BCUT2D eigenvalue weighted by atomic mass is 35.5. The molecule has 0 rings (SSSR count). The number of carbonyl (C=O) groups is 4. The van der Waals surface area contributed by atoms with Gasteiger partial charge in [0.05, 0.1) is 7.11 Å². The fraction of sp³-hybridized carbons (Fsp3) is 0.538. The molecule has 0 radical (unpaired) electrons. The first-order valence-corrected chi connectivity index (χ1v) is 6.40. The lowest BCUT2D eigenvalue weighted by atomic mass is 10.3. The van der Waals surface area contributed by atoms with Crippen molar-refractivity contribution in [2.24, 2.45) is 5.73 Å². The van der Waals surface area contributed by atoms with Gasteiger partial charge in [0, 0.05) is 32.8 Å². The van der Waals surface area contributed by atoms with E-state index in [9.17, 15) is 19.2 Å². The summed E-state index contributed by atoms with van der Waals surface area (Å²) in [5.74, 6) is -2.51. The minimum atomic E-state index is -1.13. The molecule has 0 aliphatic heterocycles. The SMILES string of the molecule is COC(=O)/C=C/C(=O)NC[C@H](N)C(=O)O[C@@H](C)C(=O)N(C)C.Cl. The number of ether oxygens (including phenoxy) is 2. The van der Waals surface area contributed by atoms with Gasteiger partial charge in [-0.1, -0.05) is 0 Å². The molecule has 0 aromatic rings. The smallest absolute Gasteiger partial charge is 0.330 e. The van der Waals surface area contributed by atoms with E-state index in [4.69, 9.17) is 10.5 Å². The molecular weight excluding hydrogens is 330 g/mol. The molecule has 0 fully saturated rings. The average molecular weight is 352 g/mol. The van der Waals surface area contributed by atoms with E-state index in [1.54, 1.807) is 0 Å². The molecule has 0 aromatic carbocycles. The highest BCUT2D eigenvalue weighted by Crippen LogP contribution is 1.98.